The van der Waals surface area contributed by atoms with Gasteiger partial charge in [0.05, 0.1) is 12.8 Å². The molecule has 136 valence electrons. The van der Waals surface area contributed by atoms with Crippen molar-refractivity contribution in [2.24, 2.45) is 0 Å². The summed E-state index contributed by atoms with van der Waals surface area (Å²) in [5.74, 6) is 0.629. The smallest absolute Gasteiger partial charge is 0.284 e. The summed E-state index contributed by atoms with van der Waals surface area (Å²) in [5.41, 5.74) is 0.574. The molecule has 5 nitrogen and oxygen atoms in total. The van der Waals surface area contributed by atoms with Crippen molar-refractivity contribution in [3.63, 3.8) is 0 Å². The number of carbonyl (C=O) groups is 1. The van der Waals surface area contributed by atoms with Crippen LogP contribution in [0.15, 0.2) is 77.2 Å². The van der Waals surface area contributed by atoms with Gasteiger partial charge in [0.1, 0.15) is 5.76 Å². The lowest BCUT2D eigenvalue weighted by atomic mass is 9.88. The molecule has 0 unspecified atom stereocenters. The number of hydrogen-bond donors (Lipinski definition) is 1. The van der Waals surface area contributed by atoms with Crippen LogP contribution in [0.5, 0.6) is 5.95 Å². The second-order valence-corrected chi connectivity index (χ2v) is 6.68. The average molecular weight is 378 g/mol. The Kier molecular flexibility index (Phi) is 4.41. The van der Waals surface area contributed by atoms with Gasteiger partial charge in [-0.05, 0) is 36.0 Å². The van der Waals surface area contributed by atoms with E-state index < -0.39 is 5.54 Å². The first kappa shape index (κ1) is 17.3. The van der Waals surface area contributed by atoms with E-state index in [0.29, 0.717) is 28.9 Å². The molecular weight excluding hydrogens is 360 g/mol. The van der Waals surface area contributed by atoms with E-state index in [0.717, 1.165) is 5.56 Å². The topological polar surface area (TPSA) is 54.7 Å². The quantitative estimate of drug-likeness (QED) is 0.687. The number of benzene rings is 2. The van der Waals surface area contributed by atoms with E-state index in [2.05, 4.69) is 5.32 Å². The number of ether oxygens (including phenoxy) is 1. The maximum absolute atomic E-state index is 13.6. The maximum atomic E-state index is 13.6. The van der Waals surface area contributed by atoms with Gasteiger partial charge in [-0.3, -0.25) is 9.69 Å². The Morgan fingerprint density at radius 1 is 1.04 bits per heavy atom. The summed E-state index contributed by atoms with van der Waals surface area (Å²) >= 11 is 5.52. The highest BCUT2D eigenvalue weighted by Crippen LogP contribution is 2.37. The van der Waals surface area contributed by atoms with Crippen molar-refractivity contribution >= 4 is 28.9 Å². The zero-order valence-corrected chi connectivity index (χ0v) is 15.5. The van der Waals surface area contributed by atoms with Crippen LogP contribution >= 0.6 is 12.2 Å². The average Bonchev–Trinajstić information content (AvgIpc) is 3.27. The van der Waals surface area contributed by atoms with Crippen molar-refractivity contribution in [2.75, 3.05) is 12.0 Å². The van der Waals surface area contributed by atoms with Gasteiger partial charge >= 0.3 is 0 Å². The summed E-state index contributed by atoms with van der Waals surface area (Å²) in [6.45, 7) is 0. The minimum absolute atomic E-state index is 0.181. The maximum Gasteiger partial charge on any atom is 0.284 e. The molecule has 0 spiro atoms. The molecule has 1 atom stereocenters. The van der Waals surface area contributed by atoms with Crippen molar-refractivity contribution in [1.82, 2.24) is 5.32 Å². The van der Waals surface area contributed by atoms with E-state index in [9.17, 15) is 4.79 Å². The van der Waals surface area contributed by atoms with Crippen LogP contribution in [0.3, 0.4) is 0 Å². The normalized spacial score (nSPS) is 19.2. The Morgan fingerprint density at radius 2 is 1.70 bits per heavy atom. The van der Waals surface area contributed by atoms with Gasteiger partial charge in [0.15, 0.2) is 10.7 Å². The van der Waals surface area contributed by atoms with Crippen LogP contribution in [0, 0.1) is 0 Å². The molecule has 3 aromatic rings. The molecule has 2 heterocycles. The molecule has 0 bridgehead atoms. The highest BCUT2D eigenvalue weighted by molar-refractivity contribution is 7.80. The number of hydrogen-bond acceptors (Lipinski definition) is 4. The van der Waals surface area contributed by atoms with Gasteiger partial charge in [-0.2, -0.15) is 0 Å². The van der Waals surface area contributed by atoms with Crippen LogP contribution in [-0.2, 0) is 16.8 Å². The Balaban J connectivity index is 1.81. The van der Waals surface area contributed by atoms with Gasteiger partial charge in [0, 0.05) is 12.5 Å². The van der Waals surface area contributed by atoms with Gasteiger partial charge < -0.3 is 14.5 Å². The second-order valence-electron chi connectivity index (χ2n) is 6.30. The fourth-order valence-corrected chi connectivity index (χ4v) is 3.68. The zero-order chi connectivity index (χ0) is 18.9. The molecule has 1 aliphatic heterocycles. The lowest BCUT2D eigenvalue weighted by Crippen LogP contribution is -2.45. The molecule has 1 N–H and O–H groups in total. The van der Waals surface area contributed by atoms with Crippen molar-refractivity contribution in [3.8, 4) is 5.95 Å². The van der Waals surface area contributed by atoms with E-state index >= 15 is 0 Å². The van der Waals surface area contributed by atoms with E-state index in [4.69, 9.17) is 21.4 Å². The molecule has 0 aliphatic carbocycles. The highest BCUT2D eigenvalue weighted by Gasteiger charge is 2.53. The van der Waals surface area contributed by atoms with E-state index in [-0.39, 0.29) is 5.91 Å². The molecule has 1 aromatic heterocycles. The van der Waals surface area contributed by atoms with Crippen LogP contribution in [0.4, 0.5) is 5.69 Å². The Hall–Kier alpha value is -3.12. The van der Waals surface area contributed by atoms with Crippen molar-refractivity contribution < 1.29 is 13.9 Å². The molecule has 0 saturated carbocycles. The van der Waals surface area contributed by atoms with Gasteiger partial charge in [0.2, 0.25) is 0 Å². The second kappa shape index (κ2) is 6.89. The summed E-state index contributed by atoms with van der Waals surface area (Å²) in [5, 5.41) is 3.57. The number of nitrogens with one attached hydrogen (secondary N) is 1. The van der Waals surface area contributed by atoms with Crippen LogP contribution in [-0.4, -0.2) is 18.1 Å². The highest BCUT2D eigenvalue weighted by atomic mass is 32.1. The monoisotopic (exact) mass is 378 g/mol. The van der Waals surface area contributed by atoms with Gasteiger partial charge in [-0.1, -0.05) is 48.5 Å². The first-order chi connectivity index (χ1) is 13.1. The van der Waals surface area contributed by atoms with Crippen LogP contribution < -0.4 is 15.0 Å². The van der Waals surface area contributed by atoms with Gasteiger partial charge in [-0.25, -0.2) is 0 Å². The lowest BCUT2D eigenvalue weighted by molar-refractivity contribution is -0.123. The zero-order valence-electron chi connectivity index (χ0n) is 14.7. The fraction of sp³-hybridized carbons (Fsp3) is 0.143. The molecule has 1 fully saturated rings. The van der Waals surface area contributed by atoms with E-state index in [1.54, 1.807) is 12.1 Å². The van der Waals surface area contributed by atoms with Crippen LogP contribution in [0.1, 0.15) is 11.3 Å². The molecule has 1 saturated heterocycles. The molecule has 27 heavy (non-hydrogen) atoms. The molecule has 2 aromatic carbocycles. The number of methoxy groups -OCH3 is 1. The molecule has 4 rings (SSSR count). The number of nitrogens with zero attached hydrogens (tertiary/aromatic N) is 1. The number of anilines is 1. The van der Waals surface area contributed by atoms with Gasteiger partial charge in [0.25, 0.3) is 11.9 Å². The largest absolute Gasteiger partial charge is 0.468 e. The third kappa shape index (κ3) is 2.98. The predicted molar refractivity (Wildman–Crippen MR) is 107 cm³/mol. The molecule has 0 radical (unpaired) electrons. The number of para-hydroxylation sites is 1. The summed E-state index contributed by atoms with van der Waals surface area (Å²) < 4.78 is 11.0. The van der Waals surface area contributed by atoms with Crippen LogP contribution in [0.2, 0.25) is 0 Å². The third-order valence-electron chi connectivity index (χ3n) is 4.62. The molecule has 1 aliphatic rings. The van der Waals surface area contributed by atoms with Gasteiger partial charge in [-0.15, -0.1) is 0 Å². The van der Waals surface area contributed by atoms with Crippen LogP contribution in [0.25, 0.3) is 0 Å². The van der Waals surface area contributed by atoms with E-state index in [1.807, 2.05) is 60.7 Å². The Morgan fingerprint density at radius 3 is 2.33 bits per heavy atom. The number of amides is 1. The predicted octanol–water partition coefficient (Wildman–Crippen LogP) is 3.65. The molecule has 6 heteroatoms. The number of furan rings is 1. The number of carbonyl (C=O) groups excluding carboxylic acids is 1. The minimum atomic E-state index is -1.13. The fourth-order valence-electron chi connectivity index (χ4n) is 3.32. The number of rotatable bonds is 5. The number of thiocarbonyl (C=S) groups is 1. The van der Waals surface area contributed by atoms with Crippen molar-refractivity contribution in [1.29, 1.82) is 0 Å². The summed E-state index contributed by atoms with van der Waals surface area (Å²) in [7, 11) is 1.53. The van der Waals surface area contributed by atoms with Crippen molar-refractivity contribution in [3.05, 3.63) is 84.1 Å². The Bertz CT molecular complexity index is 971. The Labute approximate surface area is 162 Å². The summed E-state index contributed by atoms with van der Waals surface area (Å²) in [6.07, 6.45) is 0.396. The molecular formula is C21H18N2O3S. The standard InChI is InChI=1S/C21H18N2O3S/c1-25-18-13-12-17(26-18)21(14-15-8-4-2-5-9-15)19(24)23(20(27)22-21)16-10-6-3-7-11-16/h2-13H,14H2,1H3,(H,22,27)/t21-/m0/s1. The first-order valence-corrected chi connectivity index (χ1v) is 8.95. The molecule has 1 amide bonds. The SMILES string of the molecule is COc1ccc([C@]2(Cc3ccccc3)NC(=S)N(c3ccccc3)C2=O)o1. The summed E-state index contributed by atoms with van der Waals surface area (Å²) in [4.78, 5) is 15.1. The minimum Gasteiger partial charge on any atom is -0.468 e. The first-order valence-electron chi connectivity index (χ1n) is 8.54. The summed E-state index contributed by atoms with van der Waals surface area (Å²) in [6, 6.07) is 22.6. The third-order valence-corrected chi connectivity index (χ3v) is 4.91. The van der Waals surface area contributed by atoms with Crippen molar-refractivity contribution in [2.45, 2.75) is 12.0 Å². The van der Waals surface area contributed by atoms with E-state index in [1.165, 1.54) is 12.0 Å². The lowest BCUT2D eigenvalue weighted by Gasteiger charge is -2.25.